The highest BCUT2D eigenvalue weighted by atomic mass is 19.2. The van der Waals surface area contributed by atoms with Crippen molar-refractivity contribution in [3.8, 4) is 6.07 Å². The highest BCUT2D eigenvalue weighted by Crippen LogP contribution is 2.22. The molecular weight excluding hydrogens is 202 g/mol. The molecule has 0 aliphatic carbocycles. The number of nitriles is 1. The van der Waals surface area contributed by atoms with Crippen molar-refractivity contribution >= 4 is 6.29 Å². The Morgan fingerprint density at radius 1 is 1.00 bits per heavy atom. The van der Waals surface area contributed by atoms with Crippen LogP contribution in [0.2, 0.25) is 0 Å². The fourth-order valence-electron chi connectivity index (χ4n) is 0.850. The molecule has 0 atom stereocenters. The summed E-state index contributed by atoms with van der Waals surface area (Å²) in [4.78, 5) is 10.1. The second kappa shape index (κ2) is 3.46. The van der Waals surface area contributed by atoms with E-state index in [2.05, 4.69) is 0 Å². The number of carbonyl (C=O) groups is 1. The number of halogens is 4. The van der Waals surface area contributed by atoms with Crippen molar-refractivity contribution in [2.45, 2.75) is 0 Å². The summed E-state index contributed by atoms with van der Waals surface area (Å²) in [6.07, 6.45) is -0.363. The van der Waals surface area contributed by atoms with Crippen LogP contribution in [0.3, 0.4) is 0 Å². The van der Waals surface area contributed by atoms with E-state index in [-0.39, 0.29) is 6.29 Å². The molecule has 6 heteroatoms. The second-order valence-corrected chi connectivity index (χ2v) is 2.27. The van der Waals surface area contributed by atoms with Gasteiger partial charge in [-0.2, -0.15) is 5.26 Å². The Balaban J connectivity index is 3.74. The number of hydrogen-bond acceptors (Lipinski definition) is 2. The quantitative estimate of drug-likeness (QED) is 0.397. The standard InChI is InChI=1S/C8HF4NO/c9-5-3(1-13)6(10)8(12)4(2-14)7(5)11/h2H. The molecule has 0 saturated heterocycles. The minimum absolute atomic E-state index is 0.363. The van der Waals surface area contributed by atoms with Crippen LogP contribution in [0.4, 0.5) is 17.6 Å². The molecule has 0 saturated carbocycles. The molecule has 0 radical (unpaired) electrons. The average Bonchev–Trinajstić information content (AvgIpc) is 2.17. The van der Waals surface area contributed by atoms with Crippen LogP contribution in [0.15, 0.2) is 0 Å². The summed E-state index contributed by atoms with van der Waals surface area (Å²) >= 11 is 0. The summed E-state index contributed by atoms with van der Waals surface area (Å²) in [6.45, 7) is 0. The van der Waals surface area contributed by atoms with Gasteiger partial charge in [-0.1, -0.05) is 0 Å². The van der Waals surface area contributed by atoms with Gasteiger partial charge in [0.15, 0.2) is 29.6 Å². The molecule has 2 nitrogen and oxygen atoms in total. The Hall–Kier alpha value is -1.90. The molecule has 0 N–H and O–H groups in total. The Labute approximate surface area is 75.4 Å². The van der Waals surface area contributed by atoms with Gasteiger partial charge in [0.25, 0.3) is 0 Å². The molecule has 1 rings (SSSR count). The minimum atomic E-state index is -1.87. The highest BCUT2D eigenvalue weighted by molar-refractivity contribution is 5.76. The fourth-order valence-corrected chi connectivity index (χ4v) is 0.850. The lowest BCUT2D eigenvalue weighted by Gasteiger charge is -2.02. The van der Waals surface area contributed by atoms with E-state index in [1.807, 2.05) is 0 Å². The number of rotatable bonds is 1. The first-order chi connectivity index (χ1) is 6.54. The second-order valence-electron chi connectivity index (χ2n) is 2.27. The first-order valence-corrected chi connectivity index (χ1v) is 3.25. The molecule has 0 spiro atoms. The maximum absolute atomic E-state index is 12.7. The predicted octanol–water partition coefficient (Wildman–Crippen LogP) is 1.93. The van der Waals surface area contributed by atoms with Crippen LogP contribution in [-0.2, 0) is 0 Å². The third-order valence-corrected chi connectivity index (χ3v) is 1.53. The highest BCUT2D eigenvalue weighted by Gasteiger charge is 2.24. The van der Waals surface area contributed by atoms with Crippen molar-refractivity contribution in [2.24, 2.45) is 0 Å². The molecule has 14 heavy (non-hydrogen) atoms. The summed E-state index contributed by atoms with van der Waals surface area (Å²) in [5, 5.41) is 8.16. The first-order valence-electron chi connectivity index (χ1n) is 3.25. The zero-order chi connectivity index (χ0) is 10.9. The normalized spacial score (nSPS) is 9.64. The topological polar surface area (TPSA) is 40.9 Å². The average molecular weight is 203 g/mol. The van der Waals surface area contributed by atoms with E-state index in [0.29, 0.717) is 0 Å². The zero-order valence-electron chi connectivity index (χ0n) is 6.44. The molecule has 1 aromatic carbocycles. The molecule has 1 aromatic rings. The Kier molecular flexibility index (Phi) is 2.51. The van der Waals surface area contributed by atoms with Crippen molar-refractivity contribution in [1.29, 1.82) is 5.26 Å². The smallest absolute Gasteiger partial charge is 0.180 e. The molecule has 0 bridgehead atoms. The number of nitrogens with zero attached hydrogens (tertiary/aromatic N) is 1. The van der Waals surface area contributed by atoms with Crippen LogP contribution in [0.5, 0.6) is 0 Å². The van der Waals surface area contributed by atoms with Crippen LogP contribution >= 0.6 is 0 Å². The molecule has 0 aliphatic heterocycles. The first kappa shape index (κ1) is 10.2. The van der Waals surface area contributed by atoms with Crippen LogP contribution in [0.1, 0.15) is 15.9 Å². The van der Waals surface area contributed by atoms with Gasteiger partial charge in [0.2, 0.25) is 0 Å². The third kappa shape index (κ3) is 1.23. The molecule has 0 fully saturated rings. The minimum Gasteiger partial charge on any atom is -0.298 e. The van der Waals surface area contributed by atoms with E-state index in [9.17, 15) is 22.4 Å². The van der Waals surface area contributed by atoms with E-state index in [0.717, 1.165) is 6.07 Å². The molecule has 0 aliphatic rings. The molecule has 0 aromatic heterocycles. The summed E-state index contributed by atoms with van der Waals surface area (Å²) in [6, 6.07) is 0.951. The third-order valence-electron chi connectivity index (χ3n) is 1.53. The van der Waals surface area contributed by atoms with E-state index < -0.39 is 34.4 Å². The van der Waals surface area contributed by atoms with Gasteiger partial charge in [-0.25, -0.2) is 17.6 Å². The van der Waals surface area contributed by atoms with Crippen LogP contribution in [0, 0.1) is 34.6 Å². The van der Waals surface area contributed by atoms with Gasteiger partial charge in [0, 0.05) is 0 Å². The Morgan fingerprint density at radius 3 is 1.71 bits per heavy atom. The maximum atomic E-state index is 12.7. The van der Waals surface area contributed by atoms with Crippen LogP contribution in [-0.4, -0.2) is 6.29 Å². The van der Waals surface area contributed by atoms with Gasteiger partial charge in [0.1, 0.15) is 11.6 Å². The van der Waals surface area contributed by atoms with Crippen molar-refractivity contribution in [3.63, 3.8) is 0 Å². The van der Waals surface area contributed by atoms with Crippen molar-refractivity contribution in [1.82, 2.24) is 0 Å². The largest absolute Gasteiger partial charge is 0.298 e. The van der Waals surface area contributed by atoms with E-state index in [1.165, 1.54) is 0 Å². The molecule has 0 amide bonds. The van der Waals surface area contributed by atoms with Gasteiger partial charge in [-0.05, 0) is 0 Å². The summed E-state index contributed by atoms with van der Waals surface area (Å²) in [5.74, 6) is -7.46. The lowest BCUT2D eigenvalue weighted by Crippen LogP contribution is -2.05. The van der Waals surface area contributed by atoms with Gasteiger partial charge in [0.05, 0.1) is 5.56 Å². The molecule has 72 valence electrons. The van der Waals surface area contributed by atoms with E-state index >= 15 is 0 Å². The lowest BCUT2D eigenvalue weighted by atomic mass is 10.1. The molecule has 0 unspecified atom stereocenters. The maximum Gasteiger partial charge on any atom is 0.180 e. The molecular formula is C8HF4NO. The van der Waals surface area contributed by atoms with Gasteiger partial charge < -0.3 is 0 Å². The van der Waals surface area contributed by atoms with Gasteiger partial charge >= 0.3 is 0 Å². The van der Waals surface area contributed by atoms with E-state index in [1.54, 1.807) is 0 Å². The SMILES string of the molecule is N#Cc1c(F)c(F)c(C=O)c(F)c1F. The fraction of sp³-hybridized carbons (Fsp3) is 0. The van der Waals surface area contributed by atoms with Crippen LogP contribution < -0.4 is 0 Å². The number of benzene rings is 1. The lowest BCUT2D eigenvalue weighted by molar-refractivity contribution is 0.111. The number of aldehydes is 1. The Morgan fingerprint density at radius 2 is 1.43 bits per heavy atom. The number of carbonyl (C=O) groups excluding carboxylic acids is 1. The van der Waals surface area contributed by atoms with Gasteiger partial charge in [-0.15, -0.1) is 0 Å². The summed E-state index contributed by atoms with van der Waals surface area (Å²) in [5.41, 5.74) is -2.75. The molecule has 0 heterocycles. The summed E-state index contributed by atoms with van der Waals surface area (Å²) < 4.78 is 50.9. The van der Waals surface area contributed by atoms with Crippen molar-refractivity contribution < 1.29 is 22.4 Å². The summed E-state index contributed by atoms with van der Waals surface area (Å²) in [7, 11) is 0. The van der Waals surface area contributed by atoms with Gasteiger partial charge in [-0.3, -0.25) is 4.79 Å². The van der Waals surface area contributed by atoms with Crippen molar-refractivity contribution in [2.75, 3.05) is 0 Å². The van der Waals surface area contributed by atoms with Crippen molar-refractivity contribution in [3.05, 3.63) is 34.4 Å². The van der Waals surface area contributed by atoms with E-state index in [4.69, 9.17) is 5.26 Å². The zero-order valence-corrected chi connectivity index (χ0v) is 6.44. The Bertz CT molecular complexity index is 421. The predicted molar refractivity (Wildman–Crippen MR) is 36.4 cm³/mol. The number of hydrogen-bond donors (Lipinski definition) is 0. The van der Waals surface area contributed by atoms with Crippen LogP contribution in [0.25, 0.3) is 0 Å². The monoisotopic (exact) mass is 203 g/mol.